The van der Waals surface area contributed by atoms with E-state index in [1.807, 2.05) is 19.1 Å². The molecule has 0 aliphatic rings. The van der Waals surface area contributed by atoms with E-state index < -0.39 is 11.6 Å². The molecule has 0 atom stereocenters. The van der Waals surface area contributed by atoms with Gasteiger partial charge in [-0.15, -0.1) is 0 Å². The molecule has 2 aromatic carbocycles. The maximum absolute atomic E-state index is 13.9. The molecule has 0 bridgehead atoms. The molecule has 3 rings (SSSR count). The second kappa shape index (κ2) is 7.92. The summed E-state index contributed by atoms with van der Waals surface area (Å²) in [4.78, 5) is 0. The molecule has 0 unspecified atom stereocenters. The third-order valence-corrected chi connectivity index (χ3v) is 4.68. The van der Waals surface area contributed by atoms with Crippen molar-refractivity contribution in [2.45, 2.75) is 26.3 Å². The number of aryl methyl sites for hydroxylation is 3. The Hall–Kier alpha value is -2.66. The van der Waals surface area contributed by atoms with Crippen LogP contribution in [0.1, 0.15) is 28.1 Å². The lowest BCUT2D eigenvalue weighted by molar-refractivity contribution is 0.507. The normalized spacial score (nSPS) is 11.0. The molecule has 1 heterocycles. The predicted molar refractivity (Wildman–Crippen MR) is 103 cm³/mol. The highest BCUT2D eigenvalue weighted by Crippen LogP contribution is 2.21. The molecule has 0 aliphatic heterocycles. The first-order chi connectivity index (χ1) is 12.8. The zero-order valence-corrected chi connectivity index (χ0v) is 15.6. The first kappa shape index (κ1) is 19.1. The fourth-order valence-electron chi connectivity index (χ4n) is 2.95. The van der Waals surface area contributed by atoms with Crippen molar-refractivity contribution in [3.63, 3.8) is 0 Å². The van der Waals surface area contributed by atoms with E-state index in [0.717, 1.165) is 22.9 Å². The molecule has 140 valence electrons. The number of benzene rings is 2. The van der Waals surface area contributed by atoms with Crippen LogP contribution in [0.15, 0.2) is 49.0 Å². The van der Waals surface area contributed by atoms with Crippen LogP contribution in [-0.4, -0.2) is 14.9 Å². The van der Waals surface area contributed by atoms with E-state index in [1.54, 1.807) is 16.8 Å². The van der Waals surface area contributed by atoms with Gasteiger partial charge in [0, 0.05) is 16.8 Å². The molecule has 0 spiro atoms. The van der Waals surface area contributed by atoms with Crippen molar-refractivity contribution in [3.05, 3.63) is 93.8 Å². The van der Waals surface area contributed by atoms with Crippen molar-refractivity contribution in [1.29, 1.82) is 0 Å². The van der Waals surface area contributed by atoms with Crippen molar-refractivity contribution < 1.29 is 13.9 Å². The van der Waals surface area contributed by atoms with Crippen LogP contribution < -0.4 is 0 Å². The number of halogens is 3. The molecule has 3 nitrogen and oxygen atoms in total. The summed E-state index contributed by atoms with van der Waals surface area (Å²) in [5.41, 5.74) is 3.71. The number of nitrogens with zero attached hydrogens (tertiary/aromatic N) is 2. The molecule has 3 aromatic rings. The highest BCUT2D eigenvalue weighted by atomic mass is 35.5. The van der Waals surface area contributed by atoms with Gasteiger partial charge in [0.05, 0.1) is 6.54 Å². The molecule has 0 aliphatic carbocycles. The largest absolute Gasteiger partial charge is 0.506 e. The summed E-state index contributed by atoms with van der Waals surface area (Å²) in [5, 5.41) is 14.5. The Kier molecular flexibility index (Phi) is 5.61. The van der Waals surface area contributed by atoms with E-state index in [1.165, 1.54) is 12.1 Å². The average Bonchev–Trinajstić information content (AvgIpc) is 2.97. The molecular weight excluding hydrogens is 370 g/mol. The molecule has 0 amide bonds. The molecule has 0 fully saturated rings. The highest BCUT2D eigenvalue weighted by Gasteiger charge is 2.11. The van der Waals surface area contributed by atoms with Crippen LogP contribution in [0.5, 0.6) is 0 Å². The quantitative estimate of drug-likeness (QED) is 0.567. The fourth-order valence-corrected chi connectivity index (χ4v) is 3.15. The van der Waals surface area contributed by atoms with Gasteiger partial charge in [0.25, 0.3) is 0 Å². The van der Waals surface area contributed by atoms with Gasteiger partial charge in [-0.25, -0.2) is 8.78 Å². The Morgan fingerprint density at radius 3 is 2.44 bits per heavy atom. The molecule has 0 radical (unpaired) electrons. The topological polar surface area (TPSA) is 38.0 Å². The molecule has 6 heteroatoms. The van der Waals surface area contributed by atoms with E-state index in [2.05, 4.69) is 11.7 Å². The fraction of sp³-hybridized carbons (Fsp3) is 0.190. The molecule has 0 saturated heterocycles. The number of hydrogen-bond donors (Lipinski definition) is 1. The maximum atomic E-state index is 13.9. The van der Waals surface area contributed by atoms with Crippen molar-refractivity contribution in [1.82, 2.24) is 9.78 Å². The van der Waals surface area contributed by atoms with Crippen molar-refractivity contribution in [3.8, 4) is 0 Å². The van der Waals surface area contributed by atoms with Crippen LogP contribution >= 0.6 is 11.6 Å². The van der Waals surface area contributed by atoms with E-state index in [4.69, 9.17) is 11.6 Å². The van der Waals surface area contributed by atoms with Crippen molar-refractivity contribution in [2.75, 3.05) is 0 Å². The standard InChI is InChI=1S/C21H19ClF2N2O/c1-13-9-21(14(2)27)25-26(13)12-17-10-18(22)7-5-15(17)3-4-16-6-8-19(23)11-20(16)24/h5-11,27H,2-4,12H2,1H3. The van der Waals surface area contributed by atoms with Crippen LogP contribution in [0.25, 0.3) is 5.76 Å². The van der Waals surface area contributed by atoms with Crippen LogP contribution in [0.3, 0.4) is 0 Å². The monoisotopic (exact) mass is 388 g/mol. The SMILES string of the molecule is C=C(O)c1cc(C)n(Cc2cc(Cl)ccc2CCc2ccc(F)cc2F)n1. The summed E-state index contributed by atoms with van der Waals surface area (Å²) in [6.45, 7) is 5.84. The Morgan fingerprint density at radius 2 is 1.78 bits per heavy atom. The first-order valence-corrected chi connectivity index (χ1v) is 8.85. The summed E-state index contributed by atoms with van der Waals surface area (Å²) >= 11 is 6.15. The number of aliphatic hydroxyl groups is 1. The molecular formula is C21H19ClF2N2O. The Bertz CT molecular complexity index is 998. The van der Waals surface area contributed by atoms with Gasteiger partial charge >= 0.3 is 0 Å². The van der Waals surface area contributed by atoms with E-state index in [9.17, 15) is 13.9 Å². The molecule has 27 heavy (non-hydrogen) atoms. The second-order valence-corrected chi connectivity index (χ2v) is 6.86. The van der Waals surface area contributed by atoms with Gasteiger partial charge in [-0.1, -0.05) is 30.3 Å². The van der Waals surface area contributed by atoms with Crippen LogP contribution in [-0.2, 0) is 19.4 Å². The van der Waals surface area contributed by atoms with Gasteiger partial charge in [0.1, 0.15) is 23.1 Å². The summed E-state index contributed by atoms with van der Waals surface area (Å²) < 4.78 is 28.7. The smallest absolute Gasteiger partial charge is 0.135 e. The lowest BCUT2D eigenvalue weighted by Crippen LogP contribution is -2.08. The first-order valence-electron chi connectivity index (χ1n) is 8.47. The Labute approximate surface area is 161 Å². The summed E-state index contributed by atoms with van der Waals surface area (Å²) in [6, 6.07) is 10.9. The van der Waals surface area contributed by atoms with Gasteiger partial charge in [0.2, 0.25) is 0 Å². The minimum absolute atomic E-state index is 0.0880. The van der Waals surface area contributed by atoms with Gasteiger partial charge in [-0.05, 0) is 60.7 Å². The number of aromatic nitrogens is 2. The molecule has 0 saturated carbocycles. The zero-order chi connectivity index (χ0) is 19.6. The number of rotatable bonds is 6. The number of hydrogen-bond acceptors (Lipinski definition) is 2. The van der Waals surface area contributed by atoms with Gasteiger partial charge in [0.15, 0.2) is 0 Å². The second-order valence-electron chi connectivity index (χ2n) is 6.42. The van der Waals surface area contributed by atoms with Gasteiger partial charge in [-0.2, -0.15) is 5.10 Å². The molecule has 1 N–H and O–H groups in total. The lowest BCUT2D eigenvalue weighted by Gasteiger charge is -2.12. The minimum Gasteiger partial charge on any atom is -0.506 e. The van der Waals surface area contributed by atoms with Crippen LogP contribution in [0.2, 0.25) is 5.02 Å². The van der Waals surface area contributed by atoms with Gasteiger partial charge in [-0.3, -0.25) is 4.68 Å². The van der Waals surface area contributed by atoms with Crippen molar-refractivity contribution in [2.24, 2.45) is 0 Å². The molecule has 1 aromatic heterocycles. The summed E-state index contributed by atoms with van der Waals surface area (Å²) in [5.74, 6) is -1.21. The van der Waals surface area contributed by atoms with E-state index in [0.29, 0.717) is 35.7 Å². The summed E-state index contributed by atoms with van der Waals surface area (Å²) in [7, 11) is 0. The van der Waals surface area contributed by atoms with E-state index in [-0.39, 0.29) is 5.76 Å². The Morgan fingerprint density at radius 1 is 1.07 bits per heavy atom. The zero-order valence-electron chi connectivity index (χ0n) is 14.8. The predicted octanol–water partition coefficient (Wildman–Crippen LogP) is 5.49. The lowest BCUT2D eigenvalue weighted by atomic mass is 9.99. The van der Waals surface area contributed by atoms with Gasteiger partial charge < -0.3 is 5.11 Å². The maximum Gasteiger partial charge on any atom is 0.135 e. The third kappa shape index (κ3) is 4.55. The van der Waals surface area contributed by atoms with E-state index >= 15 is 0 Å². The van der Waals surface area contributed by atoms with Crippen molar-refractivity contribution >= 4 is 17.4 Å². The van der Waals surface area contributed by atoms with Crippen LogP contribution in [0, 0.1) is 18.6 Å². The highest BCUT2D eigenvalue weighted by molar-refractivity contribution is 6.30. The average molecular weight is 389 g/mol. The number of aliphatic hydroxyl groups excluding tert-OH is 1. The van der Waals surface area contributed by atoms with Crippen LogP contribution in [0.4, 0.5) is 8.78 Å². The Balaban J connectivity index is 1.84. The summed E-state index contributed by atoms with van der Waals surface area (Å²) in [6.07, 6.45) is 1.02. The third-order valence-electron chi connectivity index (χ3n) is 4.44. The minimum atomic E-state index is -0.584.